The third kappa shape index (κ3) is 6.93. The molecule has 0 aliphatic carbocycles. The van der Waals surface area contributed by atoms with Crippen LogP contribution in [0.15, 0.2) is 24.3 Å². The highest BCUT2D eigenvalue weighted by atomic mass is 16.6. The molecule has 1 aromatic carbocycles. The van der Waals surface area contributed by atoms with Gasteiger partial charge in [0.2, 0.25) is 0 Å². The second kappa shape index (κ2) is 7.25. The summed E-state index contributed by atoms with van der Waals surface area (Å²) in [4.78, 5) is 22.4. The number of ether oxygens (including phenoxy) is 1. The summed E-state index contributed by atoms with van der Waals surface area (Å²) in [7, 11) is 0. The van der Waals surface area contributed by atoms with Crippen LogP contribution in [0.4, 0.5) is 0 Å². The molecule has 0 aromatic heterocycles. The highest BCUT2D eigenvalue weighted by molar-refractivity contribution is 5.89. The van der Waals surface area contributed by atoms with Gasteiger partial charge < -0.3 is 9.84 Å². The summed E-state index contributed by atoms with van der Waals surface area (Å²) in [6.07, 6.45) is 1.65. The lowest BCUT2D eigenvalue weighted by Gasteiger charge is -2.19. The fraction of sp³-hybridized carbons (Fsp3) is 0.529. The van der Waals surface area contributed by atoms with Gasteiger partial charge in [-0.25, -0.2) is 4.79 Å². The Morgan fingerprint density at radius 3 is 2.24 bits per heavy atom. The molecule has 1 N–H and O–H groups in total. The molecule has 0 saturated heterocycles. The van der Waals surface area contributed by atoms with Crippen LogP contribution in [0.5, 0.6) is 0 Å². The molecule has 0 aliphatic rings. The van der Waals surface area contributed by atoms with Crippen LogP contribution in [-0.4, -0.2) is 22.6 Å². The number of hydrogen-bond acceptors (Lipinski definition) is 3. The molecule has 4 nitrogen and oxygen atoms in total. The van der Waals surface area contributed by atoms with E-state index in [1.54, 1.807) is 12.1 Å². The number of carbonyl (C=O) groups excluding carboxylic acids is 1. The topological polar surface area (TPSA) is 63.6 Å². The largest absolute Gasteiger partial charge is 0.481 e. The average Bonchev–Trinajstić information content (AvgIpc) is 2.35. The van der Waals surface area contributed by atoms with Gasteiger partial charge in [-0.3, -0.25) is 4.79 Å². The van der Waals surface area contributed by atoms with Crippen LogP contribution in [0.1, 0.15) is 56.5 Å². The van der Waals surface area contributed by atoms with Gasteiger partial charge >= 0.3 is 11.9 Å². The summed E-state index contributed by atoms with van der Waals surface area (Å²) >= 11 is 0. The Bertz CT molecular complexity index is 483. The second-order valence-electron chi connectivity index (χ2n) is 6.44. The summed E-state index contributed by atoms with van der Waals surface area (Å²) in [5.74, 6) is -0.788. The SMILES string of the molecule is CC(CCC(=O)O)Cc1ccc(C(=O)OC(C)(C)C)cc1. The number of carbonyl (C=O) groups is 2. The fourth-order valence-corrected chi connectivity index (χ4v) is 1.99. The van der Waals surface area contributed by atoms with Crippen LogP contribution in [0.3, 0.4) is 0 Å². The molecule has 0 radical (unpaired) electrons. The van der Waals surface area contributed by atoms with Crippen molar-refractivity contribution in [3.8, 4) is 0 Å². The van der Waals surface area contributed by atoms with E-state index in [1.165, 1.54) is 0 Å². The Labute approximate surface area is 126 Å². The number of rotatable bonds is 6. The molecule has 1 rings (SSSR count). The number of carboxylic acids is 1. The van der Waals surface area contributed by atoms with Gasteiger partial charge in [-0.15, -0.1) is 0 Å². The Kier molecular flexibility index (Phi) is 5.94. The van der Waals surface area contributed by atoms with Gasteiger partial charge in [0, 0.05) is 6.42 Å². The van der Waals surface area contributed by atoms with Gasteiger partial charge in [0.05, 0.1) is 5.56 Å². The third-order valence-electron chi connectivity index (χ3n) is 3.02. The lowest BCUT2D eigenvalue weighted by molar-refractivity contribution is -0.137. The van der Waals surface area contributed by atoms with Crippen molar-refractivity contribution in [2.45, 2.75) is 52.6 Å². The molecular formula is C17H24O4. The molecule has 0 bridgehead atoms. The first kappa shape index (κ1) is 17.2. The molecule has 0 saturated carbocycles. The van der Waals surface area contributed by atoms with Gasteiger partial charge in [-0.1, -0.05) is 19.1 Å². The molecule has 1 aromatic rings. The molecule has 1 unspecified atom stereocenters. The minimum atomic E-state index is -0.762. The number of aliphatic carboxylic acids is 1. The number of benzene rings is 1. The van der Waals surface area contributed by atoms with Crippen LogP contribution in [-0.2, 0) is 16.0 Å². The maximum atomic E-state index is 11.9. The van der Waals surface area contributed by atoms with Crippen molar-refractivity contribution in [2.24, 2.45) is 5.92 Å². The molecule has 4 heteroatoms. The monoisotopic (exact) mass is 292 g/mol. The Balaban J connectivity index is 2.57. The number of carboxylic acid groups (broad SMARTS) is 1. The van der Waals surface area contributed by atoms with Crippen LogP contribution < -0.4 is 0 Å². The second-order valence-corrected chi connectivity index (χ2v) is 6.44. The maximum absolute atomic E-state index is 11.9. The Morgan fingerprint density at radius 1 is 1.19 bits per heavy atom. The fourth-order valence-electron chi connectivity index (χ4n) is 1.99. The van der Waals surface area contributed by atoms with E-state index in [0.717, 1.165) is 12.0 Å². The molecule has 1 atom stereocenters. The van der Waals surface area contributed by atoms with Crippen molar-refractivity contribution in [3.63, 3.8) is 0 Å². The summed E-state index contributed by atoms with van der Waals surface area (Å²) in [6, 6.07) is 7.31. The van der Waals surface area contributed by atoms with E-state index >= 15 is 0 Å². The quantitative estimate of drug-likeness (QED) is 0.812. The minimum Gasteiger partial charge on any atom is -0.481 e. The first-order valence-electron chi connectivity index (χ1n) is 7.21. The molecule has 0 aliphatic heterocycles. The zero-order chi connectivity index (χ0) is 16.0. The van der Waals surface area contributed by atoms with Gasteiger partial charge in [0.15, 0.2) is 0 Å². The van der Waals surface area contributed by atoms with E-state index < -0.39 is 11.6 Å². The molecule has 0 heterocycles. The van der Waals surface area contributed by atoms with Crippen LogP contribution in [0.2, 0.25) is 0 Å². The van der Waals surface area contributed by atoms with Gasteiger partial charge in [-0.2, -0.15) is 0 Å². The summed E-state index contributed by atoms with van der Waals surface area (Å²) < 4.78 is 5.31. The van der Waals surface area contributed by atoms with Gasteiger partial charge in [-0.05, 0) is 57.2 Å². The molecule has 0 spiro atoms. The summed E-state index contributed by atoms with van der Waals surface area (Å²) in [6.45, 7) is 7.54. The van der Waals surface area contributed by atoms with Gasteiger partial charge in [0.1, 0.15) is 5.60 Å². The van der Waals surface area contributed by atoms with Crippen molar-refractivity contribution < 1.29 is 19.4 Å². The lowest BCUT2D eigenvalue weighted by Crippen LogP contribution is -2.23. The van der Waals surface area contributed by atoms with E-state index in [4.69, 9.17) is 9.84 Å². The van der Waals surface area contributed by atoms with Crippen molar-refractivity contribution >= 4 is 11.9 Å². The first-order chi connectivity index (χ1) is 9.67. The van der Waals surface area contributed by atoms with Crippen LogP contribution >= 0.6 is 0 Å². The molecular weight excluding hydrogens is 268 g/mol. The minimum absolute atomic E-state index is 0.192. The van der Waals surface area contributed by atoms with Crippen LogP contribution in [0.25, 0.3) is 0 Å². The maximum Gasteiger partial charge on any atom is 0.338 e. The van der Waals surface area contributed by atoms with E-state index in [0.29, 0.717) is 17.9 Å². The van der Waals surface area contributed by atoms with Gasteiger partial charge in [0.25, 0.3) is 0 Å². The van der Waals surface area contributed by atoms with E-state index in [2.05, 4.69) is 0 Å². The highest BCUT2D eigenvalue weighted by Crippen LogP contribution is 2.16. The van der Waals surface area contributed by atoms with E-state index in [9.17, 15) is 9.59 Å². The Hall–Kier alpha value is -1.84. The number of esters is 1. The van der Waals surface area contributed by atoms with Crippen molar-refractivity contribution in [1.29, 1.82) is 0 Å². The summed E-state index contributed by atoms with van der Waals surface area (Å²) in [5, 5.41) is 8.67. The average molecular weight is 292 g/mol. The molecule has 21 heavy (non-hydrogen) atoms. The predicted octanol–water partition coefficient (Wildman–Crippen LogP) is 3.69. The predicted molar refractivity (Wildman–Crippen MR) is 81.3 cm³/mol. The molecule has 0 amide bonds. The van der Waals surface area contributed by atoms with Crippen molar-refractivity contribution in [3.05, 3.63) is 35.4 Å². The van der Waals surface area contributed by atoms with Crippen molar-refractivity contribution in [1.82, 2.24) is 0 Å². The van der Waals surface area contributed by atoms with Crippen molar-refractivity contribution in [2.75, 3.05) is 0 Å². The highest BCUT2D eigenvalue weighted by Gasteiger charge is 2.17. The first-order valence-corrected chi connectivity index (χ1v) is 7.21. The zero-order valence-electron chi connectivity index (χ0n) is 13.2. The summed E-state index contributed by atoms with van der Waals surface area (Å²) in [5.41, 5.74) is 1.13. The molecule has 0 fully saturated rings. The van der Waals surface area contributed by atoms with Crippen LogP contribution in [0, 0.1) is 5.92 Å². The standard InChI is InChI=1S/C17H24O4/c1-12(5-10-15(18)19)11-13-6-8-14(9-7-13)16(20)21-17(2,3)4/h6-9,12H,5,10-11H2,1-4H3,(H,18,19). The third-order valence-corrected chi connectivity index (χ3v) is 3.02. The molecule has 116 valence electrons. The normalized spacial score (nSPS) is 12.8. The Morgan fingerprint density at radius 2 is 1.76 bits per heavy atom. The lowest BCUT2D eigenvalue weighted by atomic mass is 9.96. The van der Waals surface area contributed by atoms with E-state index in [-0.39, 0.29) is 12.4 Å². The van der Waals surface area contributed by atoms with E-state index in [1.807, 2.05) is 39.8 Å². The smallest absolute Gasteiger partial charge is 0.338 e. The zero-order valence-corrected chi connectivity index (χ0v) is 13.2. The number of hydrogen-bond donors (Lipinski definition) is 1.